The van der Waals surface area contributed by atoms with Crippen molar-refractivity contribution in [2.24, 2.45) is 11.3 Å². The lowest BCUT2D eigenvalue weighted by Gasteiger charge is -2.41. The maximum absolute atomic E-state index is 11.9. The van der Waals surface area contributed by atoms with Crippen LogP contribution in [0.25, 0.3) is 11.0 Å². The van der Waals surface area contributed by atoms with Gasteiger partial charge in [-0.05, 0) is 38.1 Å². The zero-order chi connectivity index (χ0) is 24.4. The quantitative estimate of drug-likeness (QED) is 0.473. The lowest BCUT2D eigenvalue weighted by atomic mass is 9.71. The average Bonchev–Trinajstić information content (AvgIpc) is 3.32. The molecule has 0 radical (unpaired) electrons. The maximum atomic E-state index is 11.9. The zero-order valence-electron chi connectivity index (χ0n) is 18.0. The van der Waals surface area contributed by atoms with E-state index in [2.05, 4.69) is 4.90 Å². The number of furan rings is 1. The van der Waals surface area contributed by atoms with Crippen molar-refractivity contribution in [2.75, 3.05) is 32.7 Å². The fourth-order valence-electron chi connectivity index (χ4n) is 4.72. The van der Waals surface area contributed by atoms with Gasteiger partial charge in [0.1, 0.15) is 11.3 Å². The van der Waals surface area contributed by atoms with E-state index in [4.69, 9.17) is 29.3 Å². The van der Waals surface area contributed by atoms with Crippen LogP contribution in [0, 0.1) is 11.3 Å². The van der Waals surface area contributed by atoms with Crippen LogP contribution in [-0.2, 0) is 25.7 Å². The highest BCUT2D eigenvalue weighted by Gasteiger charge is 2.51. The summed E-state index contributed by atoms with van der Waals surface area (Å²) in [6, 6.07) is 9.86. The number of fused-ring (bicyclic) bond motifs is 1. The van der Waals surface area contributed by atoms with Crippen molar-refractivity contribution in [2.45, 2.75) is 19.4 Å². The van der Waals surface area contributed by atoms with Crippen molar-refractivity contribution in [3.8, 4) is 0 Å². The van der Waals surface area contributed by atoms with Crippen LogP contribution in [0.15, 0.2) is 34.7 Å². The summed E-state index contributed by atoms with van der Waals surface area (Å²) in [6.07, 6.45) is 1.43. The first-order chi connectivity index (χ1) is 15.8. The predicted octanol–water partition coefficient (Wildman–Crippen LogP) is 1.52. The fourth-order valence-corrected chi connectivity index (χ4v) is 4.72. The largest absolute Gasteiger partial charge is 0.483 e. The summed E-state index contributed by atoms with van der Waals surface area (Å²) in [7, 11) is 0. The van der Waals surface area contributed by atoms with Gasteiger partial charge in [0.2, 0.25) is 0 Å². The molecule has 0 saturated carbocycles. The lowest BCUT2D eigenvalue weighted by molar-refractivity contribution is -0.147. The van der Waals surface area contributed by atoms with Crippen LogP contribution >= 0.6 is 0 Å². The maximum Gasteiger partial charge on any atom is 0.317 e. The number of nitrogens with zero attached hydrogens (tertiary/aromatic N) is 2. The molecule has 11 heteroatoms. The van der Waals surface area contributed by atoms with Crippen molar-refractivity contribution in [1.82, 2.24) is 9.80 Å². The summed E-state index contributed by atoms with van der Waals surface area (Å²) in [5.41, 5.74) is 0.561. The summed E-state index contributed by atoms with van der Waals surface area (Å²) in [5, 5.41) is 33.6. The van der Waals surface area contributed by atoms with Gasteiger partial charge in [0.15, 0.2) is 0 Å². The number of hydrogen-bond donors (Lipinski definition) is 4. The van der Waals surface area contributed by atoms with Crippen molar-refractivity contribution in [3.63, 3.8) is 0 Å². The Kier molecular flexibility index (Phi) is 9.37. The molecule has 1 aromatic heterocycles. The molecule has 180 valence electrons. The SMILES string of the molecule is O=C(O)CN1CCC2(CC1)CN(Cc1cc3ccccc3o1)CC2C(=O)O.O=CO.O=CO. The molecule has 2 fully saturated rings. The number of carbonyl (C=O) groups is 4. The molecule has 11 nitrogen and oxygen atoms in total. The number of para-hydroxylation sites is 1. The van der Waals surface area contributed by atoms with Gasteiger partial charge in [-0.3, -0.25) is 29.0 Å². The number of benzene rings is 1. The second kappa shape index (κ2) is 12.0. The van der Waals surface area contributed by atoms with Gasteiger partial charge in [0.25, 0.3) is 12.9 Å². The summed E-state index contributed by atoms with van der Waals surface area (Å²) >= 11 is 0. The van der Waals surface area contributed by atoms with Crippen LogP contribution in [0.2, 0.25) is 0 Å². The number of hydrogen-bond acceptors (Lipinski definition) is 7. The fraction of sp³-hybridized carbons (Fsp3) is 0.455. The van der Waals surface area contributed by atoms with E-state index in [9.17, 15) is 14.7 Å². The number of rotatable bonds is 5. The van der Waals surface area contributed by atoms with Crippen LogP contribution in [0.4, 0.5) is 0 Å². The Morgan fingerprint density at radius 3 is 2.21 bits per heavy atom. The van der Waals surface area contributed by atoms with Gasteiger partial charge in [-0.15, -0.1) is 0 Å². The van der Waals surface area contributed by atoms with Crippen LogP contribution < -0.4 is 0 Å². The highest BCUT2D eigenvalue weighted by Crippen LogP contribution is 2.45. The van der Waals surface area contributed by atoms with E-state index >= 15 is 0 Å². The normalized spacial score (nSPS) is 19.7. The monoisotopic (exact) mass is 464 g/mol. The van der Waals surface area contributed by atoms with E-state index in [-0.39, 0.29) is 24.9 Å². The first-order valence-electron chi connectivity index (χ1n) is 10.3. The van der Waals surface area contributed by atoms with E-state index in [1.807, 2.05) is 35.2 Å². The molecule has 33 heavy (non-hydrogen) atoms. The lowest BCUT2D eigenvalue weighted by Crippen LogP contribution is -2.47. The second-order valence-corrected chi connectivity index (χ2v) is 8.05. The molecular formula is C22H28N2O9. The van der Waals surface area contributed by atoms with Gasteiger partial charge in [0, 0.05) is 23.9 Å². The number of carboxylic acid groups (broad SMARTS) is 4. The topological polar surface area (TPSA) is 169 Å². The molecule has 2 saturated heterocycles. The van der Waals surface area contributed by atoms with Gasteiger partial charge in [-0.2, -0.15) is 0 Å². The van der Waals surface area contributed by atoms with Gasteiger partial charge < -0.3 is 24.8 Å². The number of piperidine rings is 1. The molecule has 2 aliphatic rings. The van der Waals surface area contributed by atoms with Gasteiger partial charge in [-0.25, -0.2) is 0 Å². The van der Waals surface area contributed by atoms with E-state index in [0.717, 1.165) is 16.7 Å². The molecule has 2 aromatic rings. The Hall–Kier alpha value is -3.44. The van der Waals surface area contributed by atoms with Crippen LogP contribution in [0.1, 0.15) is 18.6 Å². The van der Waals surface area contributed by atoms with Crippen molar-refractivity contribution in [1.29, 1.82) is 0 Å². The van der Waals surface area contributed by atoms with Crippen LogP contribution in [-0.4, -0.2) is 87.8 Å². The number of aliphatic carboxylic acids is 2. The Labute approximate surface area is 189 Å². The Morgan fingerprint density at radius 1 is 1.06 bits per heavy atom. The van der Waals surface area contributed by atoms with Crippen molar-refractivity contribution >= 4 is 35.9 Å². The molecule has 0 bridgehead atoms. The number of carboxylic acids is 2. The molecule has 4 rings (SSSR count). The standard InChI is InChI=1S/C20H24N2O5.2CH2O2/c23-18(24)12-21-7-5-20(6-8-21)13-22(11-16(20)19(25)26)10-15-9-14-3-1-2-4-17(14)27-15;2*2-1-3/h1-4,9,16H,5-8,10-13H2,(H,23,24)(H,25,26);2*1H,(H,2,3). The first-order valence-corrected chi connectivity index (χ1v) is 10.3. The molecule has 0 aliphatic carbocycles. The minimum absolute atomic E-state index is 0.0243. The summed E-state index contributed by atoms with van der Waals surface area (Å²) < 4.78 is 5.90. The molecule has 1 unspecified atom stereocenters. The van der Waals surface area contributed by atoms with Crippen molar-refractivity contribution < 1.29 is 44.0 Å². The van der Waals surface area contributed by atoms with Crippen LogP contribution in [0.5, 0.6) is 0 Å². The van der Waals surface area contributed by atoms with Crippen molar-refractivity contribution in [3.05, 3.63) is 36.1 Å². The predicted molar refractivity (Wildman–Crippen MR) is 116 cm³/mol. The minimum Gasteiger partial charge on any atom is -0.483 e. The minimum atomic E-state index is -0.835. The highest BCUT2D eigenvalue weighted by molar-refractivity contribution is 5.77. The van der Waals surface area contributed by atoms with E-state index in [0.29, 0.717) is 45.6 Å². The zero-order valence-corrected chi connectivity index (χ0v) is 18.0. The van der Waals surface area contributed by atoms with Gasteiger partial charge in [-0.1, -0.05) is 18.2 Å². The third kappa shape index (κ3) is 6.77. The molecule has 2 aliphatic heterocycles. The molecule has 3 heterocycles. The Bertz CT molecular complexity index is 911. The van der Waals surface area contributed by atoms with E-state index in [1.165, 1.54) is 0 Å². The van der Waals surface area contributed by atoms with Gasteiger partial charge in [0.05, 0.1) is 19.0 Å². The molecule has 0 amide bonds. The third-order valence-electron chi connectivity index (χ3n) is 6.08. The third-order valence-corrected chi connectivity index (χ3v) is 6.08. The molecule has 1 aromatic carbocycles. The molecular weight excluding hydrogens is 436 g/mol. The highest BCUT2D eigenvalue weighted by atomic mass is 16.4. The molecule has 1 atom stereocenters. The summed E-state index contributed by atoms with van der Waals surface area (Å²) in [6.45, 7) is 2.60. The van der Waals surface area contributed by atoms with Gasteiger partial charge >= 0.3 is 11.9 Å². The average molecular weight is 464 g/mol. The molecule has 4 N–H and O–H groups in total. The second-order valence-electron chi connectivity index (χ2n) is 8.05. The Balaban J connectivity index is 0.000000582. The molecule has 1 spiro atoms. The Morgan fingerprint density at radius 2 is 1.67 bits per heavy atom. The summed E-state index contributed by atoms with van der Waals surface area (Å²) in [5.74, 6) is -1.16. The van der Waals surface area contributed by atoms with E-state index < -0.39 is 17.9 Å². The number of likely N-dealkylation sites (tertiary alicyclic amines) is 2. The van der Waals surface area contributed by atoms with Crippen LogP contribution in [0.3, 0.4) is 0 Å². The first kappa shape index (κ1) is 25.8. The smallest absolute Gasteiger partial charge is 0.317 e. The summed E-state index contributed by atoms with van der Waals surface area (Å²) in [4.78, 5) is 43.6. The van der Waals surface area contributed by atoms with E-state index in [1.54, 1.807) is 0 Å².